The highest BCUT2D eigenvalue weighted by Gasteiger charge is 2.40. The van der Waals surface area contributed by atoms with Gasteiger partial charge in [-0.05, 0) is 37.0 Å². The van der Waals surface area contributed by atoms with E-state index in [0.29, 0.717) is 0 Å². The van der Waals surface area contributed by atoms with Gasteiger partial charge in [0.05, 0.1) is 0 Å². The van der Waals surface area contributed by atoms with Gasteiger partial charge in [-0.1, -0.05) is 37.6 Å². The van der Waals surface area contributed by atoms with Crippen LogP contribution in [0, 0.1) is 23.7 Å². The molecule has 12 heavy (non-hydrogen) atoms. The van der Waals surface area contributed by atoms with Gasteiger partial charge in [0.2, 0.25) is 0 Å². The molecular formula is C12H18. The third kappa shape index (κ3) is 0.972. The molecule has 2 aliphatic rings. The topological polar surface area (TPSA) is 0 Å². The minimum absolute atomic E-state index is 0.799. The van der Waals surface area contributed by atoms with E-state index >= 15 is 0 Å². The maximum atomic E-state index is 2.43. The van der Waals surface area contributed by atoms with Crippen molar-refractivity contribution >= 4 is 0 Å². The molecule has 0 aliphatic heterocycles. The first kappa shape index (κ1) is 8.10. The molecular weight excluding hydrogens is 144 g/mol. The Bertz CT molecular complexity index is 232. The number of hydrogen-bond acceptors (Lipinski definition) is 0. The molecule has 0 aromatic carbocycles. The average molecular weight is 162 g/mol. The lowest BCUT2D eigenvalue weighted by Gasteiger charge is -2.24. The first-order chi connectivity index (χ1) is 5.74. The fourth-order valence-corrected chi connectivity index (χ4v) is 3.02. The van der Waals surface area contributed by atoms with E-state index in [9.17, 15) is 0 Å². The SMILES string of the molecule is CC=C1C2C=CC(C2)C1C(C)C. The van der Waals surface area contributed by atoms with Crippen LogP contribution < -0.4 is 0 Å². The molecule has 0 radical (unpaired) electrons. The number of fused-ring (bicyclic) bond motifs is 2. The van der Waals surface area contributed by atoms with Gasteiger partial charge in [0.25, 0.3) is 0 Å². The van der Waals surface area contributed by atoms with Gasteiger partial charge in [0, 0.05) is 0 Å². The molecule has 66 valence electrons. The standard InChI is InChI=1S/C12H18/c1-4-11-9-5-6-10(7-9)12(11)8(2)3/h4-6,8-10,12H,7H2,1-3H3. The second-order valence-electron chi connectivity index (χ2n) is 4.45. The smallest absolute Gasteiger partial charge is 0.00144 e. The molecule has 0 aromatic rings. The summed E-state index contributed by atoms with van der Waals surface area (Å²) >= 11 is 0. The van der Waals surface area contributed by atoms with Crippen molar-refractivity contribution in [1.29, 1.82) is 0 Å². The first-order valence-corrected chi connectivity index (χ1v) is 5.08. The van der Waals surface area contributed by atoms with Gasteiger partial charge >= 0.3 is 0 Å². The Labute approximate surface area is 75.4 Å². The molecule has 0 heterocycles. The Kier molecular flexibility index (Phi) is 1.86. The third-order valence-electron chi connectivity index (χ3n) is 3.44. The zero-order valence-corrected chi connectivity index (χ0v) is 8.25. The normalized spacial score (nSPS) is 42.0. The van der Waals surface area contributed by atoms with Crippen LogP contribution in [0.25, 0.3) is 0 Å². The molecule has 0 heteroatoms. The summed E-state index contributed by atoms with van der Waals surface area (Å²) in [7, 11) is 0. The zero-order chi connectivity index (χ0) is 8.72. The quantitative estimate of drug-likeness (QED) is 0.518. The summed E-state index contributed by atoms with van der Waals surface area (Å²) in [5.74, 6) is 3.33. The lowest BCUT2D eigenvalue weighted by molar-refractivity contribution is 0.384. The lowest BCUT2D eigenvalue weighted by atomic mass is 9.80. The van der Waals surface area contributed by atoms with E-state index in [1.54, 1.807) is 5.57 Å². The van der Waals surface area contributed by atoms with Crippen molar-refractivity contribution in [2.75, 3.05) is 0 Å². The van der Waals surface area contributed by atoms with Crippen LogP contribution in [0.4, 0.5) is 0 Å². The summed E-state index contributed by atoms with van der Waals surface area (Å²) in [4.78, 5) is 0. The molecule has 1 fully saturated rings. The number of rotatable bonds is 1. The van der Waals surface area contributed by atoms with Crippen molar-refractivity contribution in [2.45, 2.75) is 27.2 Å². The minimum atomic E-state index is 0.799. The molecule has 0 spiro atoms. The van der Waals surface area contributed by atoms with Gasteiger partial charge in [-0.25, -0.2) is 0 Å². The van der Waals surface area contributed by atoms with Crippen molar-refractivity contribution in [2.24, 2.45) is 23.7 Å². The Balaban J connectivity index is 2.29. The van der Waals surface area contributed by atoms with E-state index in [-0.39, 0.29) is 0 Å². The van der Waals surface area contributed by atoms with E-state index < -0.39 is 0 Å². The summed E-state index contributed by atoms with van der Waals surface area (Å²) in [5.41, 5.74) is 1.71. The van der Waals surface area contributed by atoms with E-state index in [1.165, 1.54) is 6.42 Å². The summed E-state index contributed by atoms with van der Waals surface area (Å²) in [6.07, 6.45) is 8.57. The molecule has 0 nitrogen and oxygen atoms in total. The van der Waals surface area contributed by atoms with Gasteiger partial charge < -0.3 is 0 Å². The molecule has 3 unspecified atom stereocenters. The molecule has 1 saturated carbocycles. The Morgan fingerprint density at radius 2 is 2.17 bits per heavy atom. The summed E-state index contributed by atoms with van der Waals surface area (Å²) in [6, 6.07) is 0. The predicted octanol–water partition coefficient (Wildman–Crippen LogP) is 3.41. The van der Waals surface area contributed by atoms with Crippen LogP contribution in [0.2, 0.25) is 0 Å². The number of allylic oxidation sites excluding steroid dienone is 4. The average Bonchev–Trinajstić information content (AvgIpc) is 2.60. The van der Waals surface area contributed by atoms with Crippen LogP contribution >= 0.6 is 0 Å². The van der Waals surface area contributed by atoms with Crippen LogP contribution in [-0.4, -0.2) is 0 Å². The lowest BCUT2D eigenvalue weighted by Crippen LogP contribution is -2.16. The Morgan fingerprint density at radius 3 is 2.67 bits per heavy atom. The van der Waals surface area contributed by atoms with Crippen LogP contribution in [0.15, 0.2) is 23.8 Å². The van der Waals surface area contributed by atoms with Gasteiger partial charge in [-0.2, -0.15) is 0 Å². The molecule has 2 rings (SSSR count). The van der Waals surface area contributed by atoms with Crippen molar-refractivity contribution in [1.82, 2.24) is 0 Å². The van der Waals surface area contributed by atoms with Crippen LogP contribution in [0.5, 0.6) is 0 Å². The summed E-state index contributed by atoms with van der Waals surface area (Å²) in [6.45, 7) is 6.89. The van der Waals surface area contributed by atoms with E-state index in [4.69, 9.17) is 0 Å². The molecule has 2 bridgehead atoms. The molecule has 2 aliphatic carbocycles. The van der Waals surface area contributed by atoms with Crippen LogP contribution in [0.3, 0.4) is 0 Å². The van der Waals surface area contributed by atoms with Gasteiger partial charge in [0.15, 0.2) is 0 Å². The van der Waals surface area contributed by atoms with E-state index in [1.807, 2.05) is 0 Å². The second-order valence-corrected chi connectivity index (χ2v) is 4.45. The number of hydrogen-bond donors (Lipinski definition) is 0. The maximum Gasteiger partial charge on any atom is -0.00144 e. The molecule has 0 amide bonds. The van der Waals surface area contributed by atoms with Gasteiger partial charge in [-0.3, -0.25) is 0 Å². The van der Waals surface area contributed by atoms with Gasteiger partial charge in [-0.15, -0.1) is 0 Å². The van der Waals surface area contributed by atoms with Crippen LogP contribution in [0.1, 0.15) is 27.2 Å². The summed E-state index contributed by atoms with van der Waals surface area (Å²) in [5, 5.41) is 0. The van der Waals surface area contributed by atoms with E-state index in [2.05, 4.69) is 39.0 Å². The molecule has 0 N–H and O–H groups in total. The summed E-state index contributed by atoms with van der Waals surface area (Å²) < 4.78 is 0. The van der Waals surface area contributed by atoms with Crippen molar-refractivity contribution in [3.05, 3.63) is 23.8 Å². The molecule has 0 saturated heterocycles. The van der Waals surface area contributed by atoms with Crippen molar-refractivity contribution in [3.63, 3.8) is 0 Å². The highest BCUT2D eigenvalue weighted by Crippen LogP contribution is 2.50. The maximum absolute atomic E-state index is 2.43. The largest absolute Gasteiger partial charge is 0.0875 e. The second kappa shape index (κ2) is 2.76. The Morgan fingerprint density at radius 1 is 1.42 bits per heavy atom. The monoisotopic (exact) mass is 162 g/mol. The Hall–Kier alpha value is -0.520. The van der Waals surface area contributed by atoms with Crippen molar-refractivity contribution < 1.29 is 0 Å². The molecule has 0 aromatic heterocycles. The van der Waals surface area contributed by atoms with Crippen molar-refractivity contribution in [3.8, 4) is 0 Å². The minimum Gasteiger partial charge on any atom is -0.0875 e. The predicted molar refractivity (Wildman–Crippen MR) is 52.8 cm³/mol. The highest BCUT2D eigenvalue weighted by atomic mass is 14.4. The fourth-order valence-electron chi connectivity index (χ4n) is 3.02. The van der Waals surface area contributed by atoms with Gasteiger partial charge in [0.1, 0.15) is 0 Å². The van der Waals surface area contributed by atoms with Crippen LogP contribution in [-0.2, 0) is 0 Å². The first-order valence-electron chi connectivity index (χ1n) is 5.08. The zero-order valence-electron chi connectivity index (χ0n) is 8.25. The molecule has 3 atom stereocenters. The fraction of sp³-hybridized carbons (Fsp3) is 0.667. The third-order valence-corrected chi connectivity index (χ3v) is 3.44. The van der Waals surface area contributed by atoms with E-state index in [0.717, 1.165) is 23.7 Å². The highest BCUT2D eigenvalue weighted by molar-refractivity contribution is 5.30.